The van der Waals surface area contributed by atoms with Crippen LogP contribution in [0.4, 0.5) is 0 Å². The maximum Gasteiger partial charge on any atom is 0.266 e. The van der Waals surface area contributed by atoms with Crippen LogP contribution in [0.5, 0.6) is 0 Å². The fourth-order valence-corrected chi connectivity index (χ4v) is 2.30. The molecule has 16 heavy (non-hydrogen) atoms. The molecule has 6 nitrogen and oxygen atoms in total. The number of rotatable bonds is 5. The van der Waals surface area contributed by atoms with Crippen LogP contribution in [0.2, 0.25) is 0 Å². The molecule has 0 aromatic heterocycles. The summed E-state index contributed by atoms with van der Waals surface area (Å²) in [5.74, 6) is -0.205. The van der Waals surface area contributed by atoms with Gasteiger partial charge in [0.2, 0.25) is 0 Å². The average Bonchev–Trinajstić information content (AvgIpc) is 2.14. The van der Waals surface area contributed by atoms with Crippen molar-refractivity contribution in [1.82, 2.24) is 9.80 Å². The van der Waals surface area contributed by atoms with Crippen molar-refractivity contribution < 1.29 is 18.1 Å². The fourth-order valence-electron chi connectivity index (χ4n) is 1.81. The Kier molecular flexibility index (Phi) is 5.13. The van der Waals surface area contributed by atoms with E-state index in [1.54, 1.807) is 6.92 Å². The Balaban J connectivity index is 2.22. The summed E-state index contributed by atoms with van der Waals surface area (Å²) in [5.41, 5.74) is 0. The number of nitrogens with zero attached hydrogens (tertiary/aromatic N) is 2. The van der Waals surface area contributed by atoms with Gasteiger partial charge in [-0.25, -0.2) is 0 Å². The summed E-state index contributed by atoms with van der Waals surface area (Å²) in [6.45, 7) is 6.01. The van der Waals surface area contributed by atoms with Crippen molar-refractivity contribution in [1.29, 1.82) is 0 Å². The number of aliphatic hydroxyl groups excluding tert-OH is 1. The number of piperazine rings is 1. The molecule has 0 radical (unpaired) electrons. The van der Waals surface area contributed by atoms with E-state index in [0.717, 1.165) is 26.2 Å². The Morgan fingerprint density at radius 2 is 1.69 bits per heavy atom. The highest BCUT2D eigenvalue weighted by molar-refractivity contribution is 7.85. The topological polar surface area (TPSA) is 81.1 Å². The van der Waals surface area contributed by atoms with E-state index >= 15 is 0 Å². The van der Waals surface area contributed by atoms with E-state index in [4.69, 9.17) is 4.55 Å². The van der Waals surface area contributed by atoms with Crippen molar-refractivity contribution >= 4 is 10.1 Å². The lowest BCUT2D eigenvalue weighted by atomic mass is 10.3. The van der Waals surface area contributed by atoms with Gasteiger partial charge in [0.05, 0.1) is 11.9 Å². The molecule has 0 saturated carbocycles. The van der Waals surface area contributed by atoms with E-state index in [2.05, 4.69) is 4.90 Å². The van der Waals surface area contributed by atoms with Crippen LogP contribution in [0.1, 0.15) is 6.92 Å². The second kappa shape index (κ2) is 5.92. The third-order valence-electron chi connectivity index (χ3n) is 2.65. The van der Waals surface area contributed by atoms with E-state index in [0.29, 0.717) is 13.1 Å². The summed E-state index contributed by atoms with van der Waals surface area (Å²) in [4.78, 5) is 4.15. The summed E-state index contributed by atoms with van der Waals surface area (Å²) >= 11 is 0. The number of β-amino-alcohol motifs (C(OH)–C–C–N with tert-alkyl or cyclic N) is 1. The highest BCUT2D eigenvalue weighted by Gasteiger charge is 2.18. The molecule has 0 bridgehead atoms. The minimum atomic E-state index is -3.85. The SMILES string of the molecule is CC(O)CN1CCN(CCS(=O)(=O)O)CC1. The fraction of sp³-hybridized carbons (Fsp3) is 1.00. The average molecular weight is 252 g/mol. The molecule has 1 aliphatic rings. The molecule has 0 spiro atoms. The third-order valence-corrected chi connectivity index (χ3v) is 3.35. The molecule has 0 aromatic carbocycles. The van der Waals surface area contributed by atoms with Crippen LogP contribution in [-0.2, 0) is 10.1 Å². The van der Waals surface area contributed by atoms with Gasteiger partial charge in [0.25, 0.3) is 10.1 Å². The van der Waals surface area contributed by atoms with E-state index in [-0.39, 0.29) is 11.9 Å². The number of hydrogen-bond donors (Lipinski definition) is 2. The van der Waals surface area contributed by atoms with Crippen LogP contribution >= 0.6 is 0 Å². The molecule has 1 aliphatic heterocycles. The summed E-state index contributed by atoms with van der Waals surface area (Å²) in [7, 11) is -3.85. The van der Waals surface area contributed by atoms with E-state index in [1.807, 2.05) is 4.90 Å². The van der Waals surface area contributed by atoms with Crippen LogP contribution in [0.15, 0.2) is 0 Å². The van der Waals surface area contributed by atoms with Gasteiger partial charge in [0.15, 0.2) is 0 Å². The molecule has 2 N–H and O–H groups in total. The third kappa shape index (κ3) is 5.76. The van der Waals surface area contributed by atoms with Crippen molar-refractivity contribution in [3.8, 4) is 0 Å². The van der Waals surface area contributed by atoms with Gasteiger partial charge in [-0.1, -0.05) is 0 Å². The van der Waals surface area contributed by atoms with Crippen molar-refractivity contribution in [3.05, 3.63) is 0 Å². The monoisotopic (exact) mass is 252 g/mol. The Labute approximate surface area is 96.6 Å². The normalized spacial score (nSPS) is 22.2. The molecule has 0 aromatic rings. The molecule has 96 valence electrons. The highest BCUT2D eigenvalue weighted by Crippen LogP contribution is 2.02. The standard InChI is InChI=1S/C9H20N2O4S/c1-9(12)8-11-4-2-10(3-5-11)6-7-16(13,14)15/h9,12H,2-8H2,1H3,(H,13,14,15). The zero-order chi connectivity index (χ0) is 12.2. The van der Waals surface area contributed by atoms with Crippen LogP contribution in [0, 0.1) is 0 Å². The van der Waals surface area contributed by atoms with Crippen molar-refractivity contribution in [3.63, 3.8) is 0 Å². The van der Waals surface area contributed by atoms with Gasteiger partial charge in [0.1, 0.15) is 0 Å². The maximum atomic E-state index is 10.6. The van der Waals surface area contributed by atoms with Crippen molar-refractivity contribution in [2.75, 3.05) is 45.0 Å². The molecule has 1 atom stereocenters. The molecule has 1 saturated heterocycles. The van der Waals surface area contributed by atoms with Crippen LogP contribution in [0.3, 0.4) is 0 Å². The highest BCUT2D eigenvalue weighted by atomic mass is 32.2. The van der Waals surface area contributed by atoms with Gasteiger partial charge < -0.3 is 5.11 Å². The first-order valence-corrected chi connectivity index (χ1v) is 7.05. The lowest BCUT2D eigenvalue weighted by Gasteiger charge is -2.34. The minimum Gasteiger partial charge on any atom is -0.392 e. The van der Waals surface area contributed by atoms with Gasteiger partial charge in [-0.3, -0.25) is 14.4 Å². The Morgan fingerprint density at radius 1 is 1.19 bits per heavy atom. The Bertz CT molecular complexity index is 297. The second-order valence-electron chi connectivity index (χ2n) is 4.28. The quantitative estimate of drug-likeness (QED) is 0.603. The summed E-state index contributed by atoms with van der Waals surface area (Å²) in [6, 6.07) is 0. The molecular formula is C9H20N2O4S. The number of aliphatic hydroxyl groups is 1. The molecule has 0 aliphatic carbocycles. The van der Waals surface area contributed by atoms with E-state index in [9.17, 15) is 13.5 Å². The lowest BCUT2D eigenvalue weighted by molar-refractivity contribution is 0.0831. The van der Waals surface area contributed by atoms with Crippen LogP contribution < -0.4 is 0 Å². The van der Waals surface area contributed by atoms with Crippen LogP contribution in [-0.4, -0.2) is 79.0 Å². The van der Waals surface area contributed by atoms with Gasteiger partial charge in [-0.15, -0.1) is 0 Å². The first-order valence-electron chi connectivity index (χ1n) is 5.45. The summed E-state index contributed by atoms with van der Waals surface area (Å²) < 4.78 is 29.8. The largest absolute Gasteiger partial charge is 0.392 e. The predicted octanol–water partition coefficient (Wildman–Crippen LogP) is -1.13. The molecule has 1 heterocycles. The predicted molar refractivity (Wildman–Crippen MR) is 61.0 cm³/mol. The lowest BCUT2D eigenvalue weighted by Crippen LogP contribution is -2.49. The zero-order valence-electron chi connectivity index (χ0n) is 9.54. The van der Waals surface area contributed by atoms with Gasteiger partial charge >= 0.3 is 0 Å². The minimum absolute atomic E-state index is 0.205. The Morgan fingerprint density at radius 3 is 2.12 bits per heavy atom. The van der Waals surface area contributed by atoms with Gasteiger partial charge in [-0.05, 0) is 6.92 Å². The number of hydrogen-bond acceptors (Lipinski definition) is 5. The maximum absolute atomic E-state index is 10.6. The summed E-state index contributed by atoms with van der Waals surface area (Å²) in [6.07, 6.45) is -0.329. The molecular weight excluding hydrogens is 232 g/mol. The van der Waals surface area contributed by atoms with Crippen molar-refractivity contribution in [2.24, 2.45) is 0 Å². The molecule has 1 fully saturated rings. The molecule has 1 rings (SSSR count). The van der Waals surface area contributed by atoms with Crippen molar-refractivity contribution in [2.45, 2.75) is 13.0 Å². The van der Waals surface area contributed by atoms with Gasteiger partial charge in [0, 0.05) is 39.3 Å². The van der Waals surface area contributed by atoms with E-state index in [1.165, 1.54) is 0 Å². The first kappa shape index (κ1) is 13.9. The van der Waals surface area contributed by atoms with Gasteiger partial charge in [-0.2, -0.15) is 8.42 Å². The Hall–Kier alpha value is -0.210. The van der Waals surface area contributed by atoms with E-state index < -0.39 is 10.1 Å². The van der Waals surface area contributed by atoms with Crippen LogP contribution in [0.25, 0.3) is 0 Å². The summed E-state index contributed by atoms with van der Waals surface area (Å²) in [5, 5.41) is 9.21. The zero-order valence-corrected chi connectivity index (χ0v) is 10.4. The smallest absolute Gasteiger partial charge is 0.266 e. The molecule has 1 unspecified atom stereocenters. The second-order valence-corrected chi connectivity index (χ2v) is 5.85. The molecule has 7 heteroatoms. The molecule has 0 amide bonds. The first-order chi connectivity index (χ1) is 7.37.